The predicted molar refractivity (Wildman–Crippen MR) is 115 cm³/mol. The SMILES string of the molecule is CC(=O)NCCO/N=C(\C(=O)C[C@H]1Cc2cccc(C)c2OB1O)c1csc(N)n1. The molecule has 0 aliphatic carbocycles. The van der Waals surface area contributed by atoms with Gasteiger partial charge < -0.3 is 25.6 Å². The fourth-order valence-corrected chi connectivity index (χ4v) is 3.72. The lowest BCUT2D eigenvalue weighted by Gasteiger charge is -2.28. The molecule has 158 valence electrons. The average Bonchev–Trinajstić information content (AvgIpc) is 3.11. The van der Waals surface area contributed by atoms with Crippen LogP contribution in [0.15, 0.2) is 28.7 Å². The highest BCUT2D eigenvalue weighted by Gasteiger charge is 2.37. The van der Waals surface area contributed by atoms with Gasteiger partial charge in [0.1, 0.15) is 18.1 Å². The molecule has 2 aromatic rings. The molecule has 0 fully saturated rings. The molecular formula is C19H23BN4O5S. The number of carbonyl (C=O) groups is 2. The minimum Gasteiger partial charge on any atom is -0.536 e. The Balaban J connectivity index is 1.72. The number of aryl methyl sites for hydroxylation is 1. The third-order valence-corrected chi connectivity index (χ3v) is 5.29. The van der Waals surface area contributed by atoms with Crippen LogP contribution in [0.4, 0.5) is 5.13 Å². The summed E-state index contributed by atoms with van der Waals surface area (Å²) in [6.07, 6.45) is 0.500. The second-order valence-electron chi connectivity index (χ2n) is 6.99. The molecule has 1 aliphatic rings. The Labute approximate surface area is 178 Å². The van der Waals surface area contributed by atoms with Crippen LogP contribution in [-0.2, 0) is 20.8 Å². The number of para-hydroxylation sites is 1. The second-order valence-corrected chi connectivity index (χ2v) is 7.88. The first-order chi connectivity index (χ1) is 14.3. The van der Waals surface area contributed by atoms with Crippen LogP contribution in [0.3, 0.4) is 0 Å². The Morgan fingerprint density at radius 3 is 3.00 bits per heavy atom. The molecule has 1 aromatic carbocycles. The molecule has 1 amide bonds. The van der Waals surface area contributed by atoms with Gasteiger partial charge in [-0.25, -0.2) is 4.98 Å². The zero-order chi connectivity index (χ0) is 21.7. The third kappa shape index (κ3) is 5.36. The summed E-state index contributed by atoms with van der Waals surface area (Å²) in [6, 6.07) is 5.75. The van der Waals surface area contributed by atoms with Crippen LogP contribution in [0.1, 0.15) is 30.2 Å². The number of aromatic nitrogens is 1. The van der Waals surface area contributed by atoms with Crippen molar-refractivity contribution >= 4 is 41.0 Å². The molecule has 0 unspecified atom stereocenters. The lowest BCUT2D eigenvalue weighted by atomic mass is 9.64. The lowest BCUT2D eigenvalue weighted by Crippen LogP contribution is -2.36. The molecule has 30 heavy (non-hydrogen) atoms. The highest BCUT2D eigenvalue weighted by molar-refractivity contribution is 7.13. The summed E-state index contributed by atoms with van der Waals surface area (Å²) in [5.74, 6) is -0.305. The maximum atomic E-state index is 13.0. The summed E-state index contributed by atoms with van der Waals surface area (Å²) in [6.45, 7) is 3.66. The van der Waals surface area contributed by atoms with E-state index in [1.54, 1.807) is 5.38 Å². The molecule has 0 radical (unpaired) electrons. The van der Waals surface area contributed by atoms with Crippen molar-refractivity contribution in [1.29, 1.82) is 0 Å². The number of Topliss-reactive ketones (excluding diaryl/α,β-unsaturated/α-hetero) is 1. The zero-order valence-electron chi connectivity index (χ0n) is 16.8. The molecule has 2 heterocycles. The highest BCUT2D eigenvalue weighted by Crippen LogP contribution is 2.36. The van der Waals surface area contributed by atoms with E-state index in [-0.39, 0.29) is 37.0 Å². The van der Waals surface area contributed by atoms with E-state index in [1.807, 2.05) is 25.1 Å². The van der Waals surface area contributed by atoms with Gasteiger partial charge in [-0.2, -0.15) is 0 Å². The van der Waals surface area contributed by atoms with Crippen LogP contribution >= 0.6 is 11.3 Å². The summed E-state index contributed by atoms with van der Waals surface area (Å²) in [5, 5.41) is 18.9. The van der Waals surface area contributed by atoms with Gasteiger partial charge >= 0.3 is 7.12 Å². The summed E-state index contributed by atoms with van der Waals surface area (Å²) in [4.78, 5) is 33.2. The molecule has 4 N–H and O–H groups in total. The molecule has 0 bridgehead atoms. The predicted octanol–water partition coefficient (Wildman–Crippen LogP) is 1.34. The maximum Gasteiger partial charge on any atom is 0.526 e. The van der Waals surface area contributed by atoms with Gasteiger partial charge in [0.05, 0.1) is 6.54 Å². The van der Waals surface area contributed by atoms with Crippen LogP contribution in [0.2, 0.25) is 5.82 Å². The highest BCUT2D eigenvalue weighted by atomic mass is 32.1. The number of amides is 1. The van der Waals surface area contributed by atoms with Crippen molar-refractivity contribution in [2.24, 2.45) is 5.16 Å². The van der Waals surface area contributed by atoms with E-state index < -0.39 is 12.9 Å². The van der Waals surface area contributed by atoms with E-state index >= 15 is 0 Å². The Morgan fingerprint density at radius 1 is 1.50 bits per heavy atom. The quantitative estimate of drug-likeness (QED) is 0.249. The van der Waals surface area contributed by atoms with Crippen molar-refractivity contribution in [2.75, 3.05) is 18.9 Å². The number of hydrogen-bond acceptors (Lipinski definition) is 9. The van der Waals surface area contributed by atoms with Gasteiger partial charge in [-0.05, 0) is 24.5 Å². The van der Waals surface area contributed by atoms with Gasteiger partial charge in [0, 0.05) is 24.5 Å². The Bertz CT molecular complexity index is 964. The van der Waals surface area contributed by atoms with Crippen LogP contribution in [0.5, 0.6) is 5.75 Å². The number of nitrogens with one attached hydrogen (secondary N) is 1. The smallest absolute Gasteiger partial charge is 0.526 e. The topological polar surface area (TPSA) is 136 Å². The number of nitrogens with two attached hydrogens (primary N) is 1. The summed E-state index contributed by atoms with van der Waals surface area (Å²) >= 11 is 1.18. The van der Waals surface area contributed by atoms with E-state index in [2.05, 4.69) is 15.5 Å². The fraction of sp³-hybridized carbons (Fsp3) is 0.368. The summed E-state index contributed by atoms with van der Waals surface area (Å²) < 4.78 is 5.66. The number of carbonyl (C=O) groups excluding carboxylic acids is 2. The van der Waals surface area contributed by atoms with Crippen molar-refractivity contribution < 1.29 is 24.1 Å². The number of thiazole rings is 1. The van der Waals surface area contributed by atoms with Gasteiger partial charge in [-0.15, -0.1) is 11.3 Å². The minimum atomic E-state index is -1.11. The molecule has 11 heteroatoms. The van der Waals surface area contributed by atoms with Gasteiger partial charge in [0.25, 0.3) is 0 Å². The molecule has 1 aromatic heterocycles. The first-order valence-corrected chi connectivity index (χ1v) is 10.3. The molecular weight excluding hydrogens is 407 g/mol. The van der Waals surface area contributed by atoms with Crippen molar-refractivity contribution in [1.82, 2.24) is 10.3 Å². The van der Waals surface area contributed by atoms with Crippen molar-refractivity contribution in [3.63, 3.8) is 0 Å². The summed E-state index contributed by atoms with van der Waals surface area (Å²) in [7, 11) is -1.11. The number of nitrogens with zero attached hydrogens (tertiary/aromatic N) is 2. The molecule has 3 rings (SSSR count). The molecule has 0 saturated carbocycles. The number of rotatable bonds is 8. The molecule has 1 atom stereocenters. The van der Waals surface area contributed by atoms with Gasteiger partial charge in [0.15, 0.2) is 16.6 Å². The van der Waals surface area contributed by atoms with Gasteiger partial charge in [-0.1, -0.05) is 23.4 Å². The standard InChI is InChI=1S/C19H23BN4O5S/c1-11-4-3-5-13-8-14(20(27)29-18(11)13)9-16(26)17(15-10-30-19(21)23-15)24-28-7-6-22-12(2)25/h3-5,10,14,27H,6-9H2,1-2H3,(H2,21,23)(H,22,25)/b24-17-/t14-/m1/s1. The molecule has 0 saturated heterocycles. The normalized spacial score (nSPS) is 15.9. The van der Waals surface area contributed by atoms with E-state index in [0.717, 1.165) is 11.1 Å². The van der Waals surface area contributed by atoms with Crippen LogP contribution in [-0.4, -0.2) is 47.7 Å². The number of anilines is 1. The minimum absolute atomic E-state index is 0.000130. The zero-order valence-corrected chi connectivity index (χ0v) is 17.6. The van der Waals surface area contributed by atoms with Gasteiger partial charge in [0.2, 0.25) is 5.91 Å². The van der Waals surface area contributed by atoms with Crippen molar-refractivity contribution in [2.45, 2.75) is 32.5 Å². The van der Waals surface area contributed by atoms with E-state index in [4.69, 9.17) is 15.2 Å². The van der Waals surface area contributed by atoms with Crippen LogP contribution in [0.25, 0.3) is 0 Å². The van der Waals surface area contributed by atoms with Crippen LogP contribution < -0.4 is 15.7 Å². The number of hydrogen-bond donors (Lipinski definition) is 3. The number of nitrogen functional groups attached to an aromatic ring is 1. The van der Waals surface area contributed by atoms with Crippen molar-refractivity contribution in [3.8, 4) is 5.75 Å². The number of benzene rings is 1. The Kier molecular flexibility index (Phi) is 7.06. The Morgan fingerprint density at radius 2 is 2.30 bits per heavy atom. The first kappa shape index (κ1) is 21.8. The van der Waals surface area contributed by atoms with E-state index in [1.165, 1.54) is 18.3 Å². The molecule has 0 spiro atoms. The first-order valence-electron chi connectivity index (χ1n) is 9.47. The largest absolute Gasteiger partial charge is 0.536 e. The molecule has 1 aliphatic heterocycles. The lowest BCUT2D eigenvalue weighted by molar-refractivity contribution is -0.119. The number of oxime groups is 1. The van der Waals surface area contributed by atoms with Gasteiger partial charge in [-0.3, -0.25) is 9.59 Å². The maximum absolute atomic E-state index is 13.0. The average molecular weight is 430 g/mol. The number of fused-ring (bicyclic) bond motifs is 1. The summed E-state index contributed by atoms with van der Waals surface area (Å²) in [5.41, 5.74) is 7.90. The third-order valence-electron chi connectivity index (χ3n) is 4.62. The van der Waals surface area contributed by atoms with E-state index in [9.17, 15) is 14.6 Å². The fourth-order valence-electron chi connectivity index (χ4n) is 3.17. The van der Waals surface area contributed by atoms with Crippen molar-refractivity contribution in [3.05, 3.63) is 40.4 Å². The Hall–Kier alpha value is -2.92. The number of ketones is 1. The second kappa shape index (κ2) is 9.72. The van der Waals surface area contributed by atoms with Crippen LogP contribution in [0, 0.1) is 6.92 Å². The monoisotopic (exact) mass is 430 g/mol. The molecule has 9 nitrogen and oxygen atoms in total. The van der Waals surface area contributed by atoms with E-state index in [0.29, 0.717) is 23.0 Å².